The van der Waals surface area contributed by atoms with Crippen LogP contribution in [-0.2, 0) is 16.6 Å². The minimum Gasteiger partial charge on any atom is -0.308 e. The fourth-order valence-corrected chi connectivity index (χ4v) is 4.76. The van der Waals surface area contributed by atoms with E-state index in [0.29, 0.717) is 6.04 Å². The maximum atomic E-state index is 12.7. The molecule has 2 aromatic heterocycles. The summed E-state index contributed by atoms with van der Waals surface area (Å²) in [6, 6.07) is 11.0. The second-order valence-corrected chi connectivity index (χ2v) is 8.94. The molecule has 0 atom stereocenters. The number of rotatable bonds is 5. The first-order valence-corrected chi connectivity index (χ1v) is 10.9. The van der Waals surface area contributed by atoms with Crippen LogP contribution in [-0.4, -0.2) is 23.0 Å². The molecule has 1 saturated carbocycles. The van der Waals surface area contributed by atoms with Crippen molar-refractivity contribution in [2.75, 3.05) is 0 Å². The third-order valence-electron chi connectivity index (χ3n) is 5.21. The van der Waals surface area contributed by atoms with Crippen LogP contribution in [0.25, 0.3) is 11.2 Å². The van der Waals surface area contributed by atoms with Crippen LogP contribution >= 0.6 is 0 Å². The highest BCUT2D eigenvalue weighted by molar-refractivity contribution is 7.89. The summed E-state index contributed by atoms with van der Waals surface area (Å²) >= 11 is 0. The molecular formula is C20H24N4O2S. The lowest BCUT2D eigenvalue weighted by Crippen LogP contribution is -2.26. The Morgan fingerprint density at radius 2 is 1.85 bits per heavy atom. The molecule has 142 valence electrons. The summed E-state index contributed by atoms with van der Waals surface area (Å²) < 4.78 is 30.2. The van der Waals surface area contributed by atoms with E-state index in [9.17, 15) is 8.42 Å². The van der Waals surface area contributed by atoms with Gasteiger partial charge in [0.15, 0.2) is 5.65 Å². The van der Waals surface area contributed by atoms with E-state index >= 15 is 0 Å². The van der Waals surface area contributed by atoms with Gasteiger partial charge in [-0.3, -0.25) is 0 Å². The Labute approximate surface area is 159 Å². The molecule has 0 radical (unpaired) electrons. The maximum absolute atomic E-state index is 12.7. The third-order valence-corrected chi connectivity index (χ3v) is 6.63. The third kappa shape index (κ3) is 3.75. The normalized spacial score (nSPS) is 16.0. The quantitative estimate of drug-likeness (QED) is 0.727. The van der Waals surface area contributed by atoms with Gasteiger partial charge in [0.05, 0.1) is 11.4 Å². The van der Waals surface area contributed by atoms with Crippen LogP contribution in [0.15, 0.2) is 47.5 Å². The van der Waals surface area contributed by atoms with Crippen molar-refractivity contribution >= 4 is 21.2 Å². The van der Waals surface area contributed by atoms with Crippen LogP contribution in [0.3, 0.4) is 0 Å². The van der Waals surface area contributed by atoms with Crippen molar-refractivity contribution in [3.05, 3.63) is 54.0 Å². The van der Waals surface area contributed by atoms with Crippen molar-refractivity contribution < 1.29 is 8.42 Å². The summed E-state index contributed by atoms with van der Waals surface area (Å²) in [5.74, 6) is 0.728. The molecule has 0 aliphatic heterocycles. The molecule has 7 heteroatoms. The van der Waals surface area contributed by atoms with Crippen LogP contribution < -0.4 is 4.72 Å². The Morgan fingerprint density at radius 1 is 1.11 bits per heavy atom. The largest absolute Gasteiger partial charge is 0.308 e. The molecule has 0 saturated heterocycles. The highest BCUT2D eigenvalue weighted by Crippen LogP contribution is 2.31. The van der Waals surface area contributed by atoms with Crippen molar-refractivity contribution in [1.82, 2.24) is 19.3 Å². The predicted octanol–water partition coefficient (Wildman–Crippen LogP) is 3.72. The van der Waals surface area contributed by atoms with E-state index in [1.807, 2.05) is 19.1 Å². The van der Waals surface area contributed by atoms with Crippen molar-refractivity contribution in [3.63, 3.8) is 0 Å². The second-order valence-electron chi connectivity index (χ2n) is 7.17. The van der Waals surface area contributed by atoms with E-state index in [-0.39, 0.29) is 11.4 Å². The van der Waals surface area contributed by atoms with Crippen LogP contribution in [0.4, 0.5) is 0 Å². The number of fused-ring (bicyclic) bond motifs is 1. The van der Waals surface area contributed by atoms with Crippen molar-refractivity contribution in [1.29, 1.82) is 0 Å². The lowest BCUT2D eigenvalue weighted by atomic mass is 9.95. The van der Waals surface area contributed by atoms with Crippen molar-refractivity contribution in [2.24, 2.45) is 0 Å². The maximum Gasteiger partial charge on any atom is 0.240 e. The minimum absolute atomic E-state index is 0.156. The zero-order valence-corrected chi connectivity index (χ0v) is 16.2. The highest BCUT2D eigenvalue weighted by atomic mass is 32.2. The Bertz CT molecular complexity index is 1040. The predicted molar refractivity (Wildman–Crippen MR) is 105 cm³/mol. The van der Waals surface area contributed by atoms with Gasteiger partial charge in [-0.25, -0.2) is 23.1 Å². The average Bonchev–Trinajstić information content (AvgIpc) is 3.06. The Kier molecular flexibility index (Phi) is 4.97. The standard InChI is InChI=1S/C20H24N4O2S/c1-15-9-11-17(12-10-15)27(25,26)22-14-19-23-18-8-5-13-21-20(18)24(19)16-6-3-2-4-7-16/h5,8-13,16,22H,2-4,6-7,14H2,1H3. The molecule has 1 fully saturated rings. The van der Waals surface area contributed by atoms with E-state index in [4.69, 9.17) is 0 Å². The fourth-order valence-electron chi connectivity index (χ4n) is 3.78. The number of pyridine rings is 1. The summed E-state index contributed by atoms with van der Waals surface area (Å²) in [4.78, 5) is 9.45. The van der Waals surface area contributed by atoms with E-state index in [1.165, 1.54) is 19.3 Å². The van der Waals surface area contributed by atoms with Gasteiger partial charge in [0, 0.05) is 12.2 Å². The van der Waals surface area contributed by atoms with Gasteiger partial charge in [-0.15, -0.1) is 0 Å². The van der Waals surface area contributed by atoms with Gasteiger partial charge < -0.3 is 4.57 Å². The molecular weight excluding hydrogens is 360 g/mol. The Morgan fingerprint density at radius 3 is 2.59 bits per heavy atom. The van der Waals surface area contributed by atoms with Crippen LogP contribution in [0.1, 0.15) is 49.5 Å². The molecule has 4 rings (SSSR count). The van der Waals surface area contributed by atoms with E-state index in [0.717, 1.165) is 35.4 Å². The first-order chi connectivity index (χ1) is 13.0. The fraction of sp³-hybridized carbons (Fsp3) is 0.400. The van der Waals surface area contributed by atoms with Crippen molar-refractivity contribution in [2.45, 2.75) is 56.5 Å². The smallest absolute Gasteiger partial charge is 0.240 e. The number of aryl methyl sites for hydroxylation is 1. The van der Waals surface area contributed by atoms with Gasteiger partial charge in [0.1, 0.15) is 11.3 Å². The van der Waals surface area contributed by atoms with Crippen molar-refractivity contribution in [3.8, 4) is 0 Å². The van der Waals surface area contributed by atoms with E-state index in [1.54, 1.807) is 30.5 Å². The van der Waals surface area contributed by atoms with E-state index in [2.05, 4.69) is 19.3 Å². The molecule has 0 bridgehead atoms. The average molecular weight is 385 g/mol. The number of nitrogens with one attached hydrogen (secondary N) is 1. The molecule has 1 aromatic carbocycles. The zero-order chi connectivity index (χ0) is 18.9. The monoisotopic (exact) mass is 384 g/mol. The molecule has 0 unspecified atom stereocenters. The number of imidazole rings is 1. The summed E-state index contributed by atoms with van der Waals surface area (Å²) in [5.41, 5.74) is 2.68. The number of hydrogen-bond donors (Lipinski definition) is 1. The van der Waals surface area contributed by atoms with E-state index < -0.39 is 10.0 Å². The summed E-state index contributed by atoms with van der Waals surface area (Å²) in [5, 5.41) is 0. The zero-order valence-electron chi connectivity index (χ0n) is 15.4. The summed E-state index contributed by atoms with van der Waals surface area (Å²) in [6.07, 6.45) is 7.56. The molecule has 1 aliphatic rings. The molecule has 1 N–H and O–H groups in total. The van der Waals surface area contributed by atoms with Gasteiger partial charge in [-0.2, -0.15) is 0 Å². The van der Waals surface area contributed by atoms with Gasteiger partial charge in [-0.1, -0.05) is 37.0 Å². The SMILES string of the molecule is Cc1ccc(S(=O)(=O)NCc2nc3cccnc3n2C2CCCCC2)cc1. The molecule has 3 aromatic rings. The number of nitrogens with zero attached hydrogens (tertiary/aromatic N) is 3. The summed E-state index contributed by atoms with van der Waals surface area (Å²) in [6.45, 7) is 2.09. The number of hydrogen-bond acceptors (Lipinski definition) is 4. The first kappa shape index (κ1) is 18.1. The van der Waals surface area contributed by atoms with Crippen LogP contribution in [0.2, 0.25) is 0 Å². The number of benzene rings is 1. The van der Waals surface area contributed by atoms with Gasteiger partial charge in [-0.05, 0) is 44.0 Å². The topological polar surface area (TPSA) is 76.9 Å². The van der Waals surface area contributed by atoms with Crippen LogP contribution in [0.5, 0.6) is 0 Å². The van der Waals surface area contributed by atoms with Crippen LogP contribution in [0, 0.1) is 6.92 Å². The number of aromatic nitrogens is 3. The Balaban J connectivity index is 1.64. The molecule has 6 nitrogen and oxygen atoms in total. The lowest BCUT2D eigenvalue weighted by molar-refractivity contribution is 0.350. The summed E-state index contributed by atoms with van der Waals surface area (Å²) in [7, 11) is -3.58. The van der Waals surface area contributed by atoms with Gasteiger partial charge in [0.25, 0.3) is 0 Å². The van der Waals surface area contributed by atoms with Gasteiger partial charge in [0.2, 0.25) is 10.0 Å². The molecule has 1 aliphatic carbocycles. The second kappa shape index (κ2) is 7.40. The molecule has 2 heterocycles. The first-order valence-electron chi connectivity index (χ1n) is 9.43. The molecule has 27 heavy (non-hydrogen) atoms. The molecule has 0 spiro atoms. The lowest BCUT2D eigenvalue weighted by Gasteiger charge is -2.25. The number of sulfonamides is 1. The highest BCUT2D eigenvalue weighted by Gasteiger charge is 2.23. The Hall–Kier alpha value is -2.25. The molecule has 0 amide bonds. The van der Waals surface area contributed by atoms with Gasteiger partial charge >= 0.3 is 0 Å². The minimum atomic E-state index is -3.58.